The van der Waals surface area contributed by atoms with Crippen LogP contribution in [0, 0.1) is 5.92 Å². The van der Waals surface area contributed by atoms with Gasteiger partial charge in [-0.3, -0.25) is 4.79 Å². The number of carbonyl (C=O) groups excluding carboxylic acids is 1. The second-order valence-electron chi connectivity index (χ2n) is 7.68. The van der Waals surface area contributed by atoms with Crippen molar-refractivity contribution in [2.45, 2.75) is 32.7 Å². The van der Waals surface area contributed by atoms with Crippen LogP contribution in [0.1, 0.15) is 47.7 Å². The standard InChI is InChI=1S/C24H32N4O/c1-4-26-24(27-16-19-10-12-21(13-11-19)23(29)25-3)28-15-14-22(18(2)17-28)20-8-6-5-7-9-20/h5-13,18,22H,4,14-17H2,1-3H3,(H,25,29)(H,26,27). The van der Waals surface area contributed by atoms with Gasteiger partial charge in [0.25, 0.3) is 5.91 Å². The molecule has 1 amide bonds. The Morgan fingerprint density at radius 2 is 1.86 bits per heavy atom. The van der Waals surface area contributed by atoms with Gasteiger partial charge in [0.15, 0.2) is 5.96 Å². The van der Waals surface area contributed by atoms with E-state index in [0.29, 0.717) is 23.9 Å². The number of amides is 1. The topological polar surface area (TPSA) is 56.7 Å². The van der Waals surface area contributed by atoms with Crippen molar-refractivity contribution >= 4 is 11.9 Å². The van der Waals surface area contributed by atoms with Crippen LogP contribution in [0.4, 0.5) is 0 Å². The first-order valence-corrected chi connectivity index (χ1v) is 10.5. The number of carbonyl (C=O) groups is 1. The number of guanidine groups is 1. The number of rotatable bonds is 5. The summed E-state index contributed by atoms with van der Waals surface area (Å²) in [5.74, 6) is 2.08. The lowest BCUT2D eigenvalue weighted by Crippen LogP contribution is -2.48. The van der Waals surface area contributed by atoms with E-state index >= 15 is 0 Å². The van der Waals surface area contributed by atoms with Crippen molar-refractivity contribution < 1.29 is 4.79 Å². The van der Waals surface area contributed by atoms with Crippen LogP contribution >= 0.6 is 0 Å². The number of hydrogen-bond acceptors (Lipinski definition) is 2. The first kappa shape index (κ1) is 20.9. The fourth-order valence-electron chi connectivity index (χ4n) is 4.03. The van der Waals surface area contributed by atoms with Gasteiger partial charge in [0, 0.05) is 32.2 Å². The molecule has 0 aliphatic carbocycles. The minimum absolute atomic E-state index is 0.0661. The number of hydrogen-bond donors (Lipinski definition) is 2. The molecule has 154 valence electrons. The van der Waals surface area contributed by atoms with E-state index in [9.17, 15) is 4.79 Å². The predicted octanol–water partition coefficient (Wildman–Crippen LogP) is 3.64. The second-order valence-corrected chi connectivity index (χ2v) is 7.68. The Morgan fingerprint density at radius 3 is 2.48 bits per heavy atom. The molecule has 0 spiro atoms. The Hall–Kier alpha value is -2.82. The molecule has 2 atom stereocenters. The minimum Gasteiger partial charge on any atom is -0.357 e. The molecule has 5 heteroatoms. The minimum atomic E-state index is -0.0661. The second kappa shape index (κ2) is 10.1. The van der Waals surface area contributed by atoms with Gasteiger partial charge in [0.2, 0.25) is 0 Å². The molecule has 2 aromatic rings. The van der Waals surface area contributed by atoms with E-state index in [1.165, 1.54) is 5.56 Å². The van der Waals surface area contributed by atoms with Gasteiger partial charge in [-0.15, -0.1) is 0 Å². The Morgan fingerprint density at radius 1 is 1.14 bits per heavy atom. The van der Waals surface area contributed by atoms with E-state index in [1.54, 1.807) is 7.05 Å². The zero-order valence-electron chi connectivity index (χ0n) is 17.7. The first-order valence-electron chi connectivity index (χ1n) is 10.5. The van der Waals surface area contributed by atoms with Crippen LogP contribution in [-0.2, 0) is 6.54 Å². The Kier molecular flexibility index (Phi) is 7.28. The van der Waals surface area contributed by atoms with E-state index < -0.39 is 0 Å². The van der Waals surface area contributed by atoms with E-state index in [-0.39, 0.29) is 5.91 Å². The van der Waals surface area contributed by atoms with Gasteiger partial charge < -0.3 is 15.5 Å². The fraction of sp³-hybridized carbons (Fsp3) is 0.417. The Bertz CT molecular complexity index is 817. The lowest BCUT2D eigenvalue weighted by Gasteiger charge is -2.39. The molecule has 0 bridgehead atoms. The monoisotopic (exact) mass is 392 g/mol. The third kappa shape index (κ3) is 5.37. The van der Waals surface area contributed by atoms with Gasteiger partial charge in [-0.25, -0.2) is 4.99 Å². The average Bonchev–Trinajstić information content (AvgIpc) is 2.77. The summed E-state index contributed by atoms with van der Waals surface area (Å²) in [6.07, 6.45) is 1.14. The molecule has 5 nitrogen and oxygen atoms in total. The highest BCUT2D eigenvalue weighted by atomic mass is 16.1. The van der Waals surface area contributed by atoms with Crippen molar-refractivity contribution in [2.24, 2.45) is 10.9 Å². The Balaban J connectivity index is 1.65. The Labute approximate surface area is 174 Å². The number of nitrogens with zero attached hydrogens (tertiary/aromatic N) is 2. The lowest BCUT2D eigenvalue weighted by molar-refractivity contribution is 0.0963. The third-order valence-electron chi connectivity index (χ3n) is 5.62. The van der Waals surface area contributed by atoms with Gasteiger partial charge in [0.05, 0.1) is 6.54 Å². The molecule has 1 saturated heterocycles. The largest absolute Gasteiger partial charge is 0.357 e. The van der Waals surface area contributed by atoms with Crippen LogP contribution in [0.15, 0.2) is 59.6 Å². The molecule has 1 aliphatic heterocycles. The summed E-state index contributed by atoms with van der Waals surface area (Å²) in [7, 11) is 1.64. The summed E-state index contributed by atoms with van der Waals surface area (Å²) in [5.41, 5.74) is 3.21. The zero-order chi connectivity index (χ0) is 20.6. The number of piperidine rings is 1. The molecule has 29 heavy (non-hydrogen) atoms. The van der Waals surface area contributed by atoms with E-state index in [0.717, 1.165) is 37.6 Å². The van der Waals surface area contributed by atoms with Crippen molar-refractivity contribution in [3.63, 3.8) is 0 Å². The van der Waals surface area contributed by atoms with Gasteiger partial charge in [-0.1, -0.05) is 49.4 Å². The summed E-state index contributed by atoms with van der Waals surface area (Å²) in [6.45, 7) is 7.90. The zero-order valence-corrected chi connectivity index (χ0v) is 17.7. The summed E-state index contributed by atoms with van der Waals surface area (Å²) in [6, 6.07) is 18.5. The average molecular weight is 393 g/mol. The summed E-state index contributed by atoms with van der Waals surface area (Å²) in [5, 5.41) is 6.10. The van der Waals surface area contributed by atoms with Crippen molar-refractivity contribution in [3.05, 3.63) is 71.3 Å². The summed E-state index contributed by atoms with van der Waals surface area (Å²) >= 11 is 0. The molecule has 2 aromatic carbocycles. The van der Waals surface area contributed by atoms with Gasteiger partial charge in [-0.05, 0) is 48.4 Å². The maximum Gasteiger partial charge on any atom is 0.251 e. The van der Waals surface area contributed by atoms with Crippen LogP contribution in [-0.4, -0.2) is 43.4 Å². The maximum absolute atomic E-state index is 11.7. The number of nitrogens with one attached hydrogen (secondary N) is 2. The SMILES string of the molecule is CCNC(=NCc1ccc(C(=O)NC)cc1)N1CCC(c2ccccc2)C(C)C1. The predicted molar refractivity (Wildman–Crippen MR) is 119 cm³/mol. The number of likely N-dealkylation sites (tertiary alicyclic amines) is 1. The molecular formula is C24H32N4O. The van der Waals surface area contributed by atoms with Crippen molar-refractivity contribution in [3.8, 4) is 0 Å². The highest BCUT2D eigenvalue weighted by molar-refractivity contribution is 5.93. The van der Waals surface area contributed by atoms with Crippen LogP contribution in [0.2, 0.25) is 0 Å². The highest BCUT2D eigenvalue weighted by Crippen LogP contribution is 2.32. The van der Waals surface area contributed by atoms with Crippen molar-refractivity contribution in [1.82, 2.24) is 15.5 Å². The molecule has 1 aliphatic rings. The molecule has 1 fully saturated rings. The van der Waals surface area contributed by atoms with Crippen molar-refractivity contribution in [2.75, 3.05) is 26.7 Å². The molecule has 0 aromatic heterocycles. The maximum atomic E-state index is 11.7. The van der Waals surface area contributed by atoms with E-state index in [4.69, 9.17) is 4.99 Å². The van der Waals surface area contributed by atoms with Crippen LogP contribution in [0.25, 0.3) is 0 Å². The quantitative estimate of drug-likeness (QED) is 0.603. The smallest absolute Gasteiger partial charge is 0.251 e. The molecule has 0 radical (unpaired) electrons. The van der Waals surface area contributed by atoms with Gasteiger partial charge >= 0.3 is 0 Å². The number of aliphatic imine (C=N–C) groups is 1. The molecule has 2 N–H and O–H groups in total. The third-order valence-corrected chi connectivity index (χ3v) is 5.62. The fourth-order valence-corrected chi connectivity index (χ4v) is 4.03. The highest BCUT2D eigenvalue weighted by Gasteiger charge is 2.28. The number of benzene rings is 2. The van der Waals surface area contributed by atoms with Gasteiger partial charge in [0.1, 0.15) is 0 Å². The molecule has 2 unspecified atom stereocenters. The summed E-state index contributed by atoms with van der Waals surface area (Å²) in [4.78, 5) is 18.9. The van der Waals surface area contributed by atoms with Crippen molar-refractivity contribution in [1.29, 1.82) is 0 Å². The van der Waals surface area contributed by atoms with Crippen LogP contribution in [0.3, 0.4) is 0 Å². The summed E-state index contributed by atoms with van der Waals surface area (Å²) < 4.78 is 0. The first-order chi connectivity index (χ1) is 14.1. The van der Waals surface area contributed by atoms with Crippen LogP contribution in [0.5, 0.6) is 0 Å². The van der Waals surface area contributed by atoms with E-state index in [1.807, 2.05) is 24.3 Å². The molecular weight excluding hydrogens is 360 g/mol. The van der Waals surface area contributed by atoms with E-state index in [2.05, 4.69) is 59.7 Å². The molecule has 3 rings (SSSR count). The molecule has 0 saturated carbocycles. The lowest BCUT2D eigenvalue weighted by atomic mass is 9.82. The molecule has 1 heterocycles. The van der Waals surface area contributed by atoms with Gasteiger partial charge in [-0.2, -0.15) is 0 Å². The van der Waals surface area contributed by atoms with Crippen LogP contribution < -0.4 is 10.6 Å². The normalized spacial score (nSPS) is 19.7.